The molecule has 0 bridgehead atoms. The maximum absolute atomic E-state index is 11.2. The summed E-state index contributed by atoms with van der Waals surface area (Å²) in [5.41, 5.74) is 4.04. The fraction of sp³-hybridized carbons (Fsp3) is 0.500. The standard InChI is InChI=1S/C28H36N6OS/c1-6-23-24(16-29)27(34-14-12-22(13-15-34)33(4)5)32-28(25(23)17-30)36-26(7-2)21-10-8-20(9-11-21)18-31-19(3)35/h8-11,22,26H,6-7,12-15,18H2,1-5H3,(H,31,35). The van der Waals surface area contributed by atoms with Crippen LogP contribution in [0.5, 0.6) is 0 Å². The number of nitriles is 2. The van der Waals surface area contributed by atoms with Crippen LogP contribution in [-0.2, 0) is 17.8 Å². The Balaban J connectivity index is 1.94. The molecular weight excluding hydrogens is 468 g/mol. The van der Waals surface area contributed by atoms with Crippen LogP contribution in [0.1, 0.15) is 73.1 Å². The molecular formula is C28H36N6OS. The lowest BCUT2D eigenvalue weighted by atomic mass is 9.99. The highest BCUT2D eigenvalue weighted by molar-refractivity contribution is 7.99. The number of carbonyl (C=O) groups excluding carboxylic acids is 1. The Morgan fingerprint density at radius 2 is 1.81 bits per heavy atom. The Morgan fingerprint density at radius 1 is 1.17 bits per heavy atom. The van der Waals surface area contributed by atoms with Gasteiger partial charge in [-0.25, -0.2) is 4.98 Å². The molecule has 1 aliphatic rings. The van der Waals surface area contributed by atoms with Crippen molar-refractivity contribution in [2.75, 3.05) is 32.1 Å². The number of thioether (sulfide) groups is 1. The van der Waals surface area contributed by atoms with Gasteiger partial charge in [-0.05, 0) is 56.5 Å². The molecule has 1 aliphatic heterocycles. The molecule has 1 amide bonds. The third-order valence-electron chi connectivity index (χ3n) is 6.84. The van der Waals surface area contributed by atoms with Gasteiger partial charge in [-0.15, -0.1) is 0 Å². The van der Waals surface area contributed by atoms with Crippen molar-refractivity contribution in [2.45, 2.75) is 69.3 Å². The number of pyridine rings is 1. The third kappa shape index (κ3) is 6.37. The van der Waals surface area contributed by atoms with Crippen molar-refractivity contribution in [2.24, 2.45) is 0 Å². The molecule has 0 radical (unpaired) electrons. The zero-order valence-corrected chi connectivity index (χ0v) is 22.8. The number of piperidine rings is 1. The van der Waals surface area contributed by atoms with E-state index in [2.05, 4.69) is 60.4 Å². The molecule has 3 rings (SSSR count). The predicted molar refractivity (Wildman–Crippen MR) is 145 cm³/mol. The van der Waals surface area contributed by atoms with Gasteiger partial charge in [-0.1, -0.05) is 49.9 Å². The summed E-state index contributed by atoms with van der Waals surface area (Å²) in [6.07, 6.45) is 3.52. The van der Waals surface area contributed by atoms with Crippen LogP contribution in [-0.4, -0.2) is 49.0 Å². The molecule has 0 aliphatic carbocycles. The topological polar surface area (TPSA) is 96.0 Å². The van der Waals surface area contributed by atoms with E-state index in [1.54, 1.807) is 11.8 Å². The van der Waals surface area contributed by atoms with Crippen LogP contribution in [0.25, 0.3) is 0 Å². The normalized spacial score (nSPS) is 14.8. The van der Waals surface area contributed by atoms with Gasteiger partial charge in [0.15, 0.2) is 0 Å². The first-order chi connectivity index (χ1) is 17.3. The van der Waals surface area contributed by atoms with Crippen molar-refractivity contribution in [3.63, 3.8) is 0 Å². The highest BCUT2D eigenvalue weighted by Gasteiger charge is 2.28. The zero-order valence-electron chi connectivity index (χ0n) is 22.0. The van der Waals surface area contributed by atoms with Gasteiger partial charge in [0.05, 0.1) is 11.1 Å². The second kappa shape index (κ2) is 12.8. The van der Waals surface area contributed by atoms with Crippen LogP contribution in [0.4, 0.5) is 5.82 Å². The van der Waals surface area contributed by atoms with Crippen molar-refractivity contribution < 1.29 is 4.79 Å². The van der Waals surface area contributed by atoms with Gasteiger partial charge in [0.1, 0.15) is 23.0 Å². The second-order valence-electron chi connectivity index (χ2n) is 9.39. The number of benzene rings is 1. The number of amides is 1. The first-order valence-corrected chi connectivity index (χ1v) is 13.5. The van der Waals surface area contributed by atoms with Crippen molar-refractivity contribution in [3.8, 4) is 12.1 Å². The molecule has 1 unspecified atom stereocenters. The lowest BCUT2D eigenvalue weighted by Crippen LogP contribution is -2.42. The van der Waals surface area contributed by atoms with E-state index in [4.69, 9.17) is 4.98 Å². The van der Waals surface area contributed by atoms with E-state index in [-0.39, 0.29) is 11.2 Å². The molecule has 2 aromatic rings. The van der Waals surface area contributed by atoms with E-state index >= 15 is 0 Å². The number of hydrogen-bond donors (Lipinski definition) is 1. The number of rotatable bonds is 9. The first kappa shape index (κ1) is 27.5. The Hall–Kier alpha value is -3.07. The molecule has 36 heavy (non-hydrogen) atoms. The molecule has 2 heterocycles. The maximum Gasteiger partial charge on any atom is 0.217 e. The summed E-state index contributed by atoms with van der Waals surface area (Å²) in [5, 5.41) is 23.8. The second-order valence-corrected chi connectivity index (χ2v) is 10.6. The van der Waals surface area contributed by atoms with Crippen LogP contribution >= 0.6 is 11.8 Å². The maximum atomic E-state index is 11.2. The van der Waals surface area contributed by atoms with Crippen LogP contribution in [0.3, 0.4) is 0 Å². The summed E-state index contributed by atoms with van der Waals surface area (Å²) < 4.78 is 0. The zero-order chi connectivity index (χ0) is 26.2. The van der Waals surface area contributed by atoms with Gasteiger partial charge in [-0.2, -0.15) is 10.5 Å². The number of nitrogens with one attached hydrogen (secondary N) is 1. The minimum atomic E-state index is -0.0505. The molecule has 1 saturated heterocycles. The van der Waals surface area contributed by atoms with E-state index in [9.17, 15) is 15.3 Å². The summed E-state index contributed by atoms with van der Waals surface area (Å²) in [5.74, 6) is 0.666. The quantitative estimate of drug-likeness (QED) is 0.490. The van der Waals surface area contributed by atoms with Crippen LogP contribution in [0.2, 0.25) is 0 Å². The third-order valence-corrected chi connectivity index (χ3v) is 8.25. The average molecular weight is 505 g/mol. The fourth-order valence-electron chi connectivity index (χ4n) is 4.69. The van der Waals surface area contributed by atoms with E-state index in [0.29, 0.717) is 41.0 Å². The molecule has 8 heteroatoms. The molecule has 1 aromatic heterocycles. The molecule has 7 nitrogen and oxygen atoms in total. The number of hydrogen-bond acceptors (Lipinski definition) is 7. The lowest BCUT2D eigenvalue weighted by Gasteiger charge is -2.36. The number of carbonyl (C=O) groups is 1. The van der Waals surface area contributed by atoms with Crippen LogP contribution < -0.4 is 10.2 Å². The number of anilines is 1. The minimum Gasteiger partial charge on any atom is -0.355 e. The summed E-state index contributed by atoms with van der Waals surface area (Å²) in [6, 6.07) is 13.5. The molecule has 1 fully saturated rings. The van der Waals surface area contributed by atoms with Crippen molar-refractivity contribution >= 4 is 23.5 Å². The molecule has 0 saturated carbocycles. The molecule has 190 valence electrons. The highest BCUT2D eigenvalue weighted by Crippen LogP contribution is 2.41. The SMILES string of the molecule is CCc1c(C#N)c(SC(CC)c2ccc(CNC(C)=O)cc2)nc(N2CCC(N(C)C)CC2)c1C#N. The number of aromatic nitrogens is 1. The summed E-state index contributed by atoms with van der Waals surface area (Å²) >= 11 is 1.60. The van der Waals surface area contributed by atoms with E-state index in [0.717, 1.165) is 49.0 Å². The van der Waals surface area contributed by atoms with Gasteiger partial charge in [0, 0.05) is 37.8 Å². The molecule has 1 aromatic carbocycles. The van der Waals surface area contributed by atoms with Crippen molar-refractivity contribution in [1.29, 1.82) is 10.5 Å². The monoisotopic (exact) mass is 504 g/mol. The summed E-state index contributed by atoms with van der Waals surface area (Å²) in [4.78, 5) is 20.7. The van der Waals surface area contributed by atoms with Gasteiger partial charge in [0.25, 0.3) is 0 Å². The summed E-state index contributed by atoms with van der Waals surface area (Å²) in [7, 11) is 4.23. The Morgan fingerprint density at radius 3 is 2.31 bits per heavy atom. The Labute approximate surface area is 219 Å². The highest BCUT2D eigenvalue weighted by atomic mass is 32.2. The van der Waals surface area contributed by atoms with Gasteiger partial charge < -0.3 is 15.1 Å². The van der Waals surface area contributed by atoms with Crippen molar-refractivity contribution in [1.82, 2.24) is 15.2 Å². The van der Waals surface area contributed by atoms with Gasteiger partial charge >= 0.3 is 0 Å². The number of nitrogens with zero attached hydrogens (tertiary/aromatic N) is 5. The van der Waals surface area contributed by atoms with Gasteiger partial charge in [0.2, 0.25) is 5.91 Å². The van der Waals surface area contributed by atoms with E-state index < -0.39 is 0 Å². The Kier molecular flexibility index (Phi) is 9.75. The van der Waals surface area contributed by atoms with Crippen LogP contribution in [0, 0.1) is 22.7 Å². The van der Waals surface area contributed by atoms with E-state index in [1.807, 2.05) is 19.1 Å². The summed E-state index contributed by atoms with van der Waals surface area (Å²) in [6.45, 7) is 7.83. The van der Waals surface area contributed by atoms with E-state index in [1.165, 1.54) is 6.92 Å². The van der Waals surface area contributed by atoms with Crippen molar-refractivity contribution in [3.05, 3.63) is 52.1 Å². The Bertz CT molecular complexity index is 1140. The van der Waals surface area contributed by atoms with Gasteiger partial charge in [-0.3, -0.25) is 4.79 Å². The van der Waals surface area contributed by atoms with Crippen LogP contribution in [0.15, 0.2) is 29.3 Å². The first-order valence-electron chi connectivity index (χ1n) is 12.6. The molecule has 1 atom stereocenters. The molecule has 1 N–H and O–H groups in total. The minimum absolute atomic E-state index is 0.0505. The predicted octanol–water partition coefficient (Wildman–Crippen LogP) is 4.80. The average Bonchev–Trinajstić information content (AvgIpc) is 2.89. The smallest absolute Gasteiger partial charge is 0.217 e. The fourth-order valence-corrected chi connectivity index (χ4v) is 5.85. The lowest BCUT2D eigenvalue weighted by molar-refractivity contribution is -0.119. The molecule has 0 spiro atoms. The largest absolute Gasteiger partial charge is 0.355 e.